The normalized spacial score (nSPS) is 10.3. The minimum atomic E-state index is 1.16. The lowest BCUT2D eigenvalue weighted by atomic mass is 10.1. The standard InChI is InChI=1S/C11H11N2/c1-9-5-3-6-10(2)11(9)13-8-4-7-12-13/h3-6,8H,1-2H3. The summed E-state index contributed by atoms with van der Waals surface area (Å²) in [5.74, 6) is 0. The molecule has 2 aromatic rings. The third-order valence-electron chi connectivity index (χ3n) is 2.12. The Hall–Kier alpha value is -1.57. The molecule has 0 amide bonds. The zero-order valence-electron chi connectivity index (χ0n) is 7.78. The third kappa shape index (κ3) is 1.35. The number of rotatable bonds is 1. The SMILES string of the molecule is Cc1cccc(C)c1-n1cc[c]n1. The number of aryl methyl sites for hydroxylation is 2. The number of para-hydroxylation sites is 1. The van der Waals surface area contributed by atoms with Crippen molar-refractivity contribution in [3.8, 4) is 5.69 Å². The van der Waals surface area contributed by atoms with E-state index in [4.69, 9.17) is 0 Å². The van der Waals surface area contributed by atoms with Crippen molar-refractivity contribution >= 4 is 0 Å². The van der Waals surface area contributed by atoms with Crippen LogP contribution in [0.3, 0.4) is 0 Å². The molecule has 0 bridgehead atoms. The Bertz CT molecular complexity index is 382. The number of hydrogen-bond acceptors (Lipinski definition) is 1. The molecule has 0 N–H and O–H groups in total. The molecule has 0 aliphatic carbocycles. The van der Waals surface area contributed by atoms with Crippen LogP contribution in [0.4, 0.5) is 0 Å². The van der Waals surface area contributed by atoms with Gasteiger partial charge in [-0.3, -0.25) is 0 Å². The van der Waals surface area contributed by atoms with Gasteiger partial charge < -0.3 is 0 Å². The summed E-state index contributed by atoms with van der Waals surface area (Å²) in [4.78, 5) is 0. The summed E-state index contributed by atoms with van der Waals surface area (Å²) in [6, 6.07) is 8.04. The smallest absolute Gasteiger partial charge is 0.113 e. The molecule has 13 heavy (non-hydrogen) atoms. The van der Waals surface area contributed by atoms with E-state index in [0.29, 0.717) is 0 Å². The molecule has 65 valence electrons. The van der Waals surface area contributed by atoms with Crippen molar-refractivity contribution in [2.75, 3.05) is 0 Å². The van der Waals surface area contributed by atoms with Crippen LogP contribution in [0.25, 0.3) is 5.69 Å². The van der Waals surface area contributed by atoms with Crippen molar-refractivity contribution in [1.29, 1.82) is 0 Å². The molecule has 1 aromatic heterocycles. The Morgan fingerprint density at radius 1 is 1.23 bits per heavy atom. The van der Waals surface area contributed by atoms with E-state index in [1.807, 2.05) is 16.9 Å². The zero-order chi connectivity index (χ0) is 9.26. The van der Waals surface area contributed by atoms with E-state index < -0.39 is 0 Å². The molecule has 0 aliphatic heterocycles. The molecule has 0 spiro atoms. The van der Waals surface area contributed by atoms with Crippen LogP contribution in [0.5, 0.6) is 0 Å². The van der Waals surface area contributed by atoms with Crippen molar-refractivity contribution in [3.63, 3.8) is 0 Å². The van der Waals surface area contributed by atoms with Crippen LogP contribution in [0.1, 0.15) is 11.1 Å². The zero-order valence-corrected chi connectivity index (χ0v) is 7.78. The second kappa shape index (κ2) is 3.05. The lowest BCUT2D eigenvalue weighted by Gasteiger charge is -2.08. The van der Waals surface area contributed by atoms with Gasteiger partial charge in [-0.05, 0) is 31.0 Å². The summed E-state index contributed by atoms with van der Waals surface area (Å²) in [6.07, 6.45) is 4.71. The fourth-order valence-electron chi connectivity index (χ4n) is 1.52. The first-order valence-corrected chi connectivity index (χ1v) is 4.27. The van der Waals surface area contributed by atoms with Crippen LogP contribution in [0, 0.1) is 20.0 Å². The lowest BCUT2D eigenvalue weighted by Crippen LogP contribution is -1.99. The predicted octanol–water partition coefficient (Wildman–Crippen LogP) is 2.29. The van der Waals surface area contributed by atoms with Gasteiger partial charge in [-0.15, -0.1) is 0 Å². The molecule has 1 radical (unpaired) electrons. The van der Waals surface area contributed by atoms with Gasteiger partial charge in [0.15, 0.2) is 0 Å². The van der Waals surface area contributed by atoms with Crippen molar-refractivity contribution in [2.45, 2.75) is 13.8 Å². The van der Waals surface area contributed by atoms with Crippen LogP contribution in [0.2, 0.25) is 0 Å². The highest BCUT2D eigenvalue weighted by atomic mass is 15.3. The highest BCUT2D eigenvalue weighted by molar-refractivity contribution is 5.45. The number of aromatic nitrogens is 2. The summed E-state index contributed by atoms with van der Waals surface area (Å²) < 4.78 is 1.85. The van der Waals surface area contributed by atoms with Gasteiger partial charge in [0.05, 0.1) is 5.69 Å². The molecular weight excluding hydrogens is 160 g/mol. The molecular formula is C11H11N2. The topological polar surface area (TPSA) is 17.8 Å². The van der Waals surface area contributed by atoms with E-state index in [9.17, 15) is 0 Å². The molecule has 0 aliphatic rings. The second-order valence-corrected chi connectivity index (χ2v) is 3.13. The average Bonchev–Trinajstić information content (AvgIpc) is 2.57. The van der Waals surface area contributed by atoms with Crippen molar-refractivity contribution in [2.24, 2.45) is 0 Å². The van der Waals surface area contributed by atoms with Gasteiger partial charge in [0, 0.05) is 6.20 Å². The van der Waals surface area contributed by atoms with E-state index in [-0.39, 0.29) is 0 Å². The summed E-state index contributed by atoms with van der Waals surface area (Å²) >= 11 is 0. The molecule has 0 unspecified atom stereocenters. The van der Waals surface area contributed by atoms with Crippen LogP contribution < -0.4 is 0 Å². The monoisotopic (exact) mass is 171 g/mol. The first-order chi connectivity index (χ1) is 6.29. The van der Waals surface area contributed by atoms with Gasteiger partial charge in [-0.1, -0.05) is 18.2 Å². The summed E-state index contributed by atoms with van der Waals surface area (Å²) in [7, 11) is 0. The van der Waals surface area contributed by atoms with Crippen molar-refractivity contribution < 1.29 is 0 Å². The maximum Gasteiger partial charge on any atom is 0.113 e. The summed E-state index contributed by atoms with van der Waals surface area (Å²) in [5.41, 5.74) is 3.62. The molecule has 0 atom stereocenters. The molecule has 1 aromatic carbocycles. The quantitative estimate of drug-likeness (QED) is 0.643. The van der Waals surface area contributed by atoms with Crippen LogP contribution in [-0.2, 0) is 0 Å². The first-order valence-electron chi connectivity index (χ1n) is 4.27. The Morgan fingerprint density at radius 3 is 2.46 bits per heavy atom. The fourth-order valence-corrected chi connectivity index (χ4v) is 1.52. The van der Waals surface area contributed by atoms with E-state index in [1.165, 1.54) is 11.1 Å². The largest absolute Gasteiger partial charge is 0.240 e. The van der Waals surface area contributed by atoms with Gasteiger partial charge >= 0.3 is 0 Å². The van der Waals surface area contributed by atoms with E-state index in [2.05, 4.69) is 43.3 Å². The minimum absolute atomic E-state index is 1.16. The summed E-state index contributed by atoms with van der Waals surface area (Å²) in [6.45, 7) is 4.17. The van der Waals surface area contributed by atoms with E-state index in [0.717, 1.165) is 5.69 Å². The molecule has 2 nitrogen and oxygen atoms in total. The maximum atomic E-state index is 4.10. The Balaban J connectivity index is 2.64. The fraction of sp³-hybridized carbons (Fsp3) is 0.182. The molecule has 0 saturated carbocycles. The molecule has 0 fully saturated rings. The minimum Gasteiger partial charge on any atom is -0.240 e. The second-order valence-electron chi connectivity index (χ2n) is 3.13. The molecule has 2 rings (SSSR count). The average molecular weight is 171 g/mol. The summed E-state index contributed by atoms with van der Waals surface area (Å²) in [5, 5.41) is 4.10. The van der Waals surface area contributed by atoms with E-state index >= 15 is 0 Å². The Labute approximate surface area is 77.8 Å². The van der Waals surface area contributed by atoms with Crippen molar-refractivity contribution in [3.05, 3.63) is 47.8 Å². The molecule has 2 heteroatoms. The Kier molecular flexibility index (Phi) is 1.89. The van der Waals surface area contributed by atoms with Crippen LogP contribution in [-0.4, -0.2) is 9.78 Å². The highest BCUT2D eigenvalue weighted by Crippen LogP contribution is 2.16. The predicted molar refractivity (Wildman–Crippen MR) is 51.9 cm³/mol. The number of nitrogens with zero attached hydrogens (tertiary/aromatic N) is 2. The maximum absolute atomic E-state index is 4.10. The van der Waals surface area contributed by atoms with Gasteiger partial charge in [0.25, 0.3) is 0 Å². The van der Waals surface area contributed by atoms with E-state index in [1.54, 1.807) is 0 Å². The van der Waals surface area contributed by atoms with Gasteiger partial charge in [-0.2, -0.15) is 5.10 Å². The van der Waals surface area contributed by atoms with Crippen molar-refractivity contribution in [1.82, 2.24) is 9.78 Å². The highest BCUT2D eigenvalue weighted by Gasteiger charge is 2.03. The third-order valence-corrected chi connectivity index (χ3v) is 2.12. The molecule has 0 saturated heterocycles. The lowest BCUT2D eigenvalue weighted by molar-refractivity contribution is 0.862. The molecule has 1 heterocycles. The van der Waals surface area contributed by atoms with Crippen LogP contribution in [0.15, 0.2) is 30.5 Å². The number of hydrogen-bond donors (Lipinski definition) is 0. The first kappa shape index (κ1) is 8.05. The van der Waals surface area contributed by atoms with Gasteiger partial charge in [0.2, 0.25) is 0 Å². The van der Waals surface area contributed by atoms with Crippen LogP contribution >= 0.6 is 0 Å². The Morgan fingerprint density at radius 2 is 1.92 bits per heavy atom. The van der Waals surface area contributed by atoms with Gasteiger partial charge in [0.1, 0.15) is 6.20 Å². The number of benzene rings is 1. The van der Waals surface area contributed by atoms with Gasteiger partial charge in [-0.25, -0.2) is 4.68 Å².